The fourth-order valence-corrected chi connectivity index (χ4v) is 1.99. The van der Waals surface area contributed by atoms with Crippen LogP contribution in [-0.4, -0.2) is 18.2 Å². The lowest BCUT2D eigenvalue weighted by molar-refractivity contribution is -0.141. The molecule has 1 aromatic rings. The van der Waals surface area contributed by atoms with Crippen LogP contribution >= 0.6 is 0 Å². The maximum atomic E-state index is 11.0. The topological polar surface area (TPSA) is 46.5 Å². The van der Waals surface area contributed by atoms with Crippen LogP contribution in [0.1, 0.15) is 31.7 Å². The Balaban J connectivity index is 3.07. The highest BCUT2D eigenvalue weighted by atomic mass is 16.5. The van der Waals surface area contributed by atoms with Gasteiger partial charge < -0.3 is 9.84 Å². The van der Waals surface area contributed by atoms with Gasteiger partial charge in [-0.15, -0.1) is 0 Å². The first-order valence-corrected chi connectivity index (χ1v) is 5.47. The average Bonchev–Trinajstić information content (AvgIpc) is 2.30. The Labute approximate surface area is 96.1 Å². The number of hydrogen-bond donors (Lipinski definition) is 1. The van der Waals surface area contributed by atoms with Crippen molar-refractivity contribution in [3.05, 3.63) is 29.8 Å². The minimum Gasteiger partial charge on any atom is -0.496 e. The summed E-state index contributed by atoms with van der Waals surface area (Å²) in [5.41, 5.74) is 0.974. The first-order valence-electron chi connectivity index (χ1n) is 5.47. The molecule has 0 amide bonds. The quantitative estimate of drug-likeness (QED) is 0.833. The van der Waals surface area contributed by atoms with Crippen molar-refractivity contribution in [2.24, 2.45) is 5.92 Å². The molecule has 0 saturated heterocycles. The Hall–Kier alpha value is -1.51. The van der Waals surface area contributed by atoms with Crippen LogP contribution in [0.15, 0.2) is 24.3 Å². The Morgan fingerprint density at radius 2 is 2.06 bits per heavy atom. The van der Waals surface area contributed by atoms with Gasteiger partial charge in [-0.2, -0.15) is 0 Å². The van der Waals surface area contributed by atoms with E-state index >= 15 is 0 Å². The summed E-state index contributed by atoms with van der Waals surface area (Å²) in [6, 6.07) is 7.61. The molecule has 1 N–H and O–H groups in total. The highest BCUT2D eigenvalue weighted by Gasteiger charge is 2.25. The van der Waals surface area contributed by atoms with Crippen LogP contribution in [0.2, 0.25) is 0 Å². The predicted molar refractivity (Wildman–Crippen MR) is 62.8 cm³/mol. The first-order chi connectivity index (χ1) is 7.61. The van der Waals surface area contributed by atoms with Gasteiger partial charge in [0, 0.05) is 5.92 Å². The van der Waals surface area contributed by atoms with Gasteiger partial charge in [-0.25, -0.2) is 0 Å². The molecule has 0 aliphatic carbocycles. The molecule has 1 aromatic carbocycles. The second kappa shape index (κ2) is 5.54. The largest absolute Gasteiger partial charge is 0.496 e. The molecule has 0 bridgehead atoms. The number of aliphatic carboxylic acids is 1. The molecule has 0 radical (unpaired) electrons. The summed E-state index contributed by atoms with van der Waals surface area (Å²) in [5, 5.41) is 9.07. The van der Waals surface area contributed by atoms with E-state index < -0.39 is 11.9 Å². The SMILES string of the molecule is CCC(c1ccccc1OC)C(C)C(=O)O. The standard InChI is InChI=1S/C13H18O3/c1-4-10(9(2)13(14)15)11-7-5-6-8-12(11)16-3/h5-10H,4H2,1-3H3,(H,14,15). The van der Waals surface area contributed by atoms with Gasteiger partial charge >= 0.3 is 5.97 Å². The van der Waals surface area contributed by atoms with Gasteiger partial charge in [0.05, 0.1) is 13.0 Å². The lowest BCUT2D eigenvalue weighted by Crippen LogP contribution is -2.19. The number of rotatable bonds is 5. The number of benzene rings is 1. The van der Waals surface area contributed by atoms with Crippen molar-refractivity contribution in [3.8, 4) is 5.75 Å². The van der Waals surface area contributed by atoms with E-state index in [1.807, 2.05) is 31.2 Å². The van der Waals surface area contributed by atoms with Gasteiger partial charge in [-0.1, -0.05) is 32.0 Å². The molecule has 0 fully saturated rings. The molecular weight excluding hydrogens is 204 g/mol. The van der Waals surface area contributed by atoms with Crippen molar-refractivity contribution in [1.82, 2.24) is 0 Å². The van der Waals surface area contributed by atoms with E-state index in [0.717, 1.165) is 17.7 Å². The average molecular weight is 222 g/mol. The molecule has 3 nitrogen and oxygen atoms in total. The second-order valence-electron chi connectivity index (χ2n) is 3.88. The van der Waals surface area contributed by atoms with Gasteiger partial charge in [0.1, 0.15) is 5.75 Å². The second-order valence-corrected chi connectivity index (χ2v) is 3.88. The number of carboxylic acid groups (broad SMARTS) is 1. The van der Waals surface area contributed by atoms with E-state index in [2.05, 4.69) is 0 Å². The molecule has 0 spiro atoms. The zero-order chi connectivity index (χ0) is 12.1. The Morgan fingerprint density at radius 1 is 1.44 bits per heavy atom. The highest BCUT2D eigenvalue weighted by Crippen LogP contribution is 2.34. The third-order valence-corrected chi connectivity index (χ3v) is 2.97. The number of ether oxygens (including phenoxy) is 1. The summed E-state index contributed by atoms with van der Waals surface area (Å²) in [7, 11) is 1.61. The van der Waals surface area contributed by atoms with Crippen LogP contribution in [0.25, 0.3) is 0 Å². The summed E-state index contributed by atoms with van der Waals surface area (Å²) in [5.74, 6) is -0.407. The Kier molecular flexibility index (Phi) is 4.35. The highest BCUT2D eigenvalue weighted by molar-refractivity contribution is 5.71. The van der Waals surface area contributed by atoms with Crippen molar-refractivity contribution in [1.29, 1.82) is 0 Å². The van der Waals surface area contributed by atoms with Gasteiger partial charge in [-0.05, 0) is 18.1 Å². The summed E-state index contributed by atoms with van der Waals surface area (Å²) >= 11 is 0. The monoisotopic (exact) mass is 222 g/mol. The molecular formula is C13H18O3. The molecule has 16 heavy (non-hydrogen) atoms. The molecule has 0 saturated carbocycles. The van der Waals surface area contributed by atoms with Gasteiger partial charge in [0.15, 0.2) is 0 Å². The van der Waals surface area contributed by atoms with Crippen LogP contribution in [0.3, 0.4) is 0 Å². The number of carbonyl (C=O) groups is 1. The first kappa shape index (κ1) is 12.6. The summed E-state index contributed by atoms with van der Waals surface area (Å²) in [6.07, 6.45) is 0.786. The van der Waals surface area contributed by atoms with E-state index in [1.54, 1.807) is 14.0 Å². The van der Waals surface area contributed by atoms with Crippen molar-refractivity contribution in [3.63, 3.8) is 0 Å². The molecule has 0 aliphatic heterocycles. The molecule has 3 heteroatoms. The predicted octanol–water partition coefficient (Wildman–Crippen LogP) is 2.91. The van der Waals surface area contributed by atoms with Gasteiger partial charge in [-0.3, -0.25) is 4.79 Å². The number of hydrogen-bond acceptors (Lipinski definition) is 2. The summed E-state index contributed by atoms with van der Waals surface area (Å²) in [6.45, 7) is 3.74. The number of para-hydroxylation sites is 1. The smallest absolute Gasteiger partial charge is 0.306 e. The molecule has 0 aliphatic rings. The fourth-order valence-electron chi connectivity index (χ4n) is 1.99. The normalized spacial score (nSPS) is 14.2. The van der Waals surface area contributed by atoms with Crippen LogP contribution in [0.4, 0.5) is 0 Å². The minimum atomic E-state index is -0.766. The van der Waals surface area contributed by atoms with Crippen LogP contribution in [-0.2, 0) is 4.79 Å². The van der Waals surface area contributed by atoms with E-state index in [0.29, 0.717) is 0 Å². The van der Waals surface area contributed by atoms with E-state index in [9.17, 15) is 4.79 Å². The molecule has 88 valence electrons. The van der Waals surface area contributed by atoms with Crippen LogP contribution in [0.5, 0.6) is 5.75 Å². The van der Waals surface area contributed by atoms with Gasteiger partial charge in [0.2, 0.25) is 0 Å². The Bertz CT molecular complexity index is 360. The van der Waals surface area contributed by atoms with E-state index in [4.69, 9.17) is 9.84 Å². The number of carboxylic acids is 1. The maximum Gasteiger partial charge on any atom is 0.306 e. The zero-order valence-corrected chi connectivity index (χ0v) is 9.93. The van der Waals surface area contributed by atoms with Gasteiger partial charge in [0.25, 0.3) is 0 Å². The molecule has 2 unspecified atom stereocenters. The van der Waals surface area contributed by atoms with Crippen LogP contribution < -0.4 is 4.74 Å². The third kappa shape index (κ3) is 2.54. The number of methoxy groups -OCH3 is 1. The molecule has 1 rings (SSSR count). The van der Waals surface area contributed by atoms with E-state index in [-0.39, 0.29) is 5.92 Å². The van der Waals surface area contributed by atoms with Crippen molar-refractivity contribution in [2.45, 2.75) is 26.2 Å². The van der Waals surface area contributed by atoms with E-state index in [1.165, 1.54) is 0 Å². The van der Waals surface area contributed by atoms with Crippen molar-refractivity contribution >= 4 is 5.97 Å². The van der Waals surface area contributed by atoms with Crippen molar-refractivity contribution < 1.29 is 14.6 Å². The molecule has 0 aromatic heterocycles. The fraction of sp³-hybridized carbons (Fsp3) is 0.462. The maximum absolute atomic E-state index is 11.0. The summed E-state index contributed by atoms with van der Waals surface area (Å²) < 4.78 is 5.27. The van der Waals surface area contributed by atoms with Crippen LogP contribution in [0, 0.1) is 5.92 Å². The zero-order valence-electron chi connectivity index (χ0n) is 9.93. The Morgan fingerprint density at radius 3 is 2.56 bits per heavy atom. The lowest BCUT2D eigenvalue weighted by Gasteiger charge is -2.21. The third-order valence-electron chi connectivity index (χ3n) is 2.97. The molecule has 2 atom stereocenters. The summed E-state index contributed by atoms with van der Waals surface area (Å²) in [4.78, 5) is 11.0. The molecule has 0 heterocycles. The minimum absolute atomic E-state index is 0.00588. The lowest BCUT2D eigenvalue weighted by atomic mass is 9.85. The van der Waals surface area contributed by atoms with Crippen molar-refractivity contribution in [2.75, 3.05) is 7.11 Å².